The summed E-state index contributed by atoms with van der Waals surface area (Å²) in [5.74, 6) is -0.242. The summed E-state index contributed by atoms with van der Waals surface area (Å²) in [5.41, 5.74) is 1.98. The maximum absolute atomic E-state index is 12.8. The van der Waals surface area contributed by atoms with Gasteiger partial charge < -0.3 is 10.1 Å². The van der Waals surface area contributed by atoms with Crippen LogP contribution < -0.4 is 5.32 Å². The number of halogens is 1. The molecular weight excluding hydrogens is 471 g/mol. The fraction of sp³-hybridized carbons (Fsp3) is 0.316. The van der Waals surface area contributed by atoms with Crippen LogP contribution in [0.2, 0.25) is 25.7 Å². The number of nitrogens with one attached hydrogen (secondary N) is 1. The Balaban J connectivity index is 1.82. The molecule has 3 rings (SSSR count). The van der Waals surface area contributed by atoms with E-state index in [0.717, 1.165) is 20.5 Å². The van der Waals surface area contributed by atoms with E-state index in [1.165, 1.54) is 0 Å². The first-order valence-electron chi connectivity index (χ1n) is 8.79. The average molecular weight is 494 g/mol. The second-order valence-corrected chi connectivity index (χ2v) is 14.4. The van der Waals surface area contributed by atoms with Crippen molar-refractivity contribution in [1.82, 2.24) is 14.8 Å². The molecule has 0 aliphatic rings. The number of carbonyl (C=O) groups is 1. The molecule has 1 N–H and O–H groups in total. The van der Waals surface area contributed by atoms with E-state index in [2.05, 4.69) is 57.6 Å². The summed E-state index contributed by atoms with van der Waals surface area (Å²) in [5, 5.41) is 8.23. The smallest absolute Gasteiger partial charge is 0.276 e. The molecule has 27 heavy (non-hydrogen) atoms. The van der Waals surface area contributed by atoms with Crippen LogP contribution in [0.4, 0.5) is 5.69 Å². The first kappa shape index (κ1) is 20.0. The minimum absolute atomic E-state index is 0.242. The number of hydrogen-bond acceptors (Lipinski definition) is 4. The van der Waals surface area contributed by atoms with Gasteiger partial charge in [-0.3, -0.25) is 9.78 Å². The van der Waals surface area contributed by atoms with Gasteiger partial charge >= 0.3 is 0 Å². The fourth-order valence-corrected chi connectivity index (χ4v) is 3.82. The highest BCUT2D eigenvalue weighted by Crippen LogP contribution is 2.23. The topological polar surface area (TPSA) is 69.0 Å². The largest absolute Gasteiger partial charge is 0.360 e. The molecule has 0 bridgehead atoms. The molecule has 6 nitrogen and oxygen atoms in total. The number of anilines is 1. The zero-order valence-corrected chi connectivity index (χ0v) is 18.9. The van der Waals surface area contributed by atoms with Crippen molar-refractivity contribution in [2.45, 2.75) is 32.4 Å². The second-order valence-electron chi connectivity index (χ2n) is 7.55. The van der Waals surface area contributed by atoms with E-state index < -0.39 is 8.07 Å². The molecule has 0 fully saturated rings. The van der Waals surface area contributed by atoms with Gasteiger partial charge in [0.2, 0.25) is 0 Å². The molecule has 0 aliphatic carbocycles. The van der Waals surface area contributed by atoms with Gasteiger partial charge in [0.15, 0.2) is 5.69 Å². The van der Waals surface area contributed by atoms with Crippen LogP contribution in [0.15, 0.2) is 42.7 Å². The van der Waals surface area contributed by atoms with E-state index in [0.29, 0.717) is 24.7 Å². The number of benzene rings is 1. The van der Waals surface area contributed by atoms with E-state index in [1.54, 1.807) is 29.2 Å². The minimum Gasteiger partial charge on any atom is -0.360 e. The zero-order chi connectivity index (χ0) is 19.4. The molecule has 8 heteroatoms. The Morgan fingerprint density at radius 2 is 1.96 bits per heavy atom. The molecule has 0 radical (unpaired) electrons. The van der Waals surface area contributed by atoms with Crippen molar-refractivity contribution in [2.75, 3.05) is 11.9 Å². The van der Waals surface area contributed by atoms with Gasteiger partial charge in [-0.25, -0.2) is 4.68 Å². The van der Waals surface area contributed by atoms with Crippen LogP contribution in [0.3, 0.4) is 0 Å². The Labute approximate surface area is 173 Å². The molecule has 1 amide bonds. The van der Waals surface area contributed by atoms with Crippen molar-refractivity contribution < 1.29 is 9.53 Å². The normalized spacial score (nSPS) is 11.7. The van der Waals surface area contributed by atoms with Crippen LogP contribution in [0.5, 0.6) is 0 Å². The SMILES string of the molecule is C[Si](C)(C)CCOCn1nc(C(=O)Nc2ccncc2)c2cc(I)ccc21. The van der Waals surface area contributed by atoms with E-state index in [4.69, 9.17) is 4.74 Å². The van der Waals surface area contributed by atoms with E-state index >= 15 is 0 Å². The first-order chi connectivity index (χ1) is 12.8. The molecule has 0 saturated carbocycles. The van der Waals surface area contributed by atoms with Crippen molar-refractivity contribution in [2.24, 2.45) is 0 Å². The summed E-state index contributed by atoms with van der Waals surface area (Å²) in [6.07, 6.45) is 3.28. The summed E-state index contributed by atoms with van der Waals surface area (Å²) in [4.78, 5) is 16.7. The predicted octanol–water partition coefficient (Wildman–Crippen LogP) is 4.60. The number of fused-ring (bicyclic) bond motifs is 1. The molecule has 2 heterocycles. The third-order valence-corrected chi connectivity index (χ3v) is 6.45. The van der Waals surface area contributed by atoms with Gasteiger partial charge in [-0.05, 0) is 59.0 Å². The number of nitrogens with zero attached hydrogens (tertiary/aromatic N) is 3. The van der Waals surface area contributed by atoms with Crippen molar-refractivity contribution in [3.8, 4) is 0 Å². The number of hydrogen-bond donors (Lipinski definition) is 1. The minimum atomic E-state index is -1.14. The molecule has 0 aliphatic heterocycles. The predicted molar refractivity (Wildman–Crippen MR) is 119 cm³/mol. The Morgan fingerprint density at radius 3 is 2.67 bits per heavy atom. The Kier molecular flexibility index (Phi) is 6.28. The lowest BCUT2D eigenvalue weighted by atomic mass is 10.2. The molecule has 2 aromatic heterocycles. The van der Waals surface area contributed by atoms with Crippen LogP contribution in [0.25, 0.3) is 10.9 Å². The lowest BCUT2D eigenvalue weighted by molar-refractivity contribution is 0.0809. The van der Waals surface area contributed by atoms with Gasteiger partial charge in [-0.1, -0.05) is 19.6 Å². The van der Waals surface area contributed by atoms with Crippen LogP contribution in [-0.2, 0) is 11.5 Å². The lowest BCUT2D eigenvalue weighted by Gasteiger charge is -2.15. The lowest BCUT2D eigenvalue weighted by Crippen LogP contribution is -2.22. The summed E-state index contributed by atoms with van der Waals surface area (Å²) in [7, 11) is -1.14. The van der Waals surface area contributed by atoms with Crippen LogP contribution >= 0.6 is 22.6 Å². The Morgan fingerprint density at radius 1 is 1.22 bits per heavy atom. The molecule has 142 valence electrons. The summed E-state index contributed by atoms with van der Waals surface area (Å²) < 4.78 is 8.65. The third-order valence-electron chi connectivity index (χ3n) is 4.08. The monoisotopic (exact) mass is 494 g/mol. The van der Waals surface area contributed by atoms with Crippen molar-refractivity contribution in [3.63, 3.8) is 0 Å². The van der Waals surface area contributed by atoms with Gasteiger partial charge in [-0.2, -0.15) is 5.10 Å². The summed E-state index contributed by atoms with van der Waals surface area (Å²) in [6, 6.07) is 10.6. The molecule has 3 aromatic rings. The molecule has 0 atom stereocenters. The van der Waals surface area contributed by atoms with Gasteiger partial charge in [-0.15, -0.1) is 0 Å². The maximum Gasteiger partial charge on any atom is 0.276 e. The van der Waals surface area contributed by atoms with Crippen molar-refractivity contribution >= 4 is 53.2 Å². The highest BCUT2D eigenvalue weighted by atomic mass is 127. The van der Waals surface area contributed by atoms with Gasteiger partial charge in [0, 0.05) is 41.7 Å². The van der Waals surface area contributed by atoms with Crippen molar-refractivity contribution in [3.05, 3.63) is 52.0 Å². The van der Waals surface area contributed by atoms with Gasteiger partial charge in [0.25, 0.3) is 5.91 Å². The quantitative estimate of drug-likeness (QED) is 0.296. The third kappa shape index (κ3) is 5.36. The van der Waals surface area contributed by atoms with Crippen LogP contribution in [0, 0.1) is 3.57 Å². The summed E-state index contributed by atoms with van der Waals surface area (Å²) >= 11 is 2.24. The fourth-order valence-electron chi connectivity index (χ4n) is 2.57. The Bertz CT molecular complexity index is 938. The highest BCUT2D eigenvalue weighted by Gasteiger charge is 2.18. The molecule has 0 spiro atoms. The average Bonchev–Trinajstić information content (AvgIpc) is 2.96. The molecule has 0 unspecified atom stereocenters. The second kappa shape index (κ2) is 8.49. The number of carbonyl (C=O) groups excluding carboxylic acids is 1. The molecule has 0 saturated heterocycles. The number of amides is 1. The highest BCUT2D eigenvalue weighted by molar-refractivity contribution is 14.1. The number of rotatable bonds is 7. The van der Waals surface area contributed by atoms with Crippen LogP contribution in [0.1, 0.15) is 10.5 Å². The number of ether oxygens (including phenoxy) is 1. The van der Waals surface area contributed by atoms with Crippen LogP contribution in [-0.4, -0.2) is 35.4 Å². The van der Waals surface area contributed by atoms with E-state index in [-0.39, 0.29) is 5.91 Å². The van der Waals surface area contributed by atoms with Crippen molar-refractivity contribution in [1.29, 1.82) is 0 Å². The molecule has 1 aromatic carbocycles. The van der Waals surface area contributed by atoms with Gasteiger partial charge in [0.05, 0.1) is 5.52 Å². The Hall–Kier alpha value is -1.78. The maximum atomic E-state index is 12.8. The standard InChI is InChI=1S/C19H23IN4O2Si/c1-27(2,3)11-10-26-13-24-17-5-4-14(20)12-16(17)18(23-24)19(25)22-15-6-8-21-9-7-15/h4-9,12H,10-11,13H2,1-3H3,(H,21,22,25). The zero-order valence-electron chi connectivity index (χ0n) is 15.7. The van der Waals surface area contributed by atoms with E-state index in [9.17, 15) is 4.79 Å². The summed E-state index contributed by atoms with van der Waals surface area (Å²) in [6.45, 7) is 8.01. The molecular formula is C19H23IN4O2Si. The number of aromatic nitrogens is 3. The number of pyridine rings is 1. The van der Waals surface area contributed by atoms with E-state index in [1.807, 2.05) is 18.2 Å². The van der Waals surface area contributed by atoms with Gasteiger partial charge in [0.1, 0.15) is 6.73 Å². The first-order valence-corrected chi connectivity index (χ1v) is 13.6.